The van der Waals surface area contributed by atoms with Gasteiger partial charge >= 0.3 is 0 Å². The minimum Gasteiger partial charge on any atom is -0.371 e. The Bertz CT molecular complexity index is 403. The lowest BCUT2D eigenvalue weighted by Crippen LogP contribution is -2.24. The van der Waals surface area contributed by atoms with Crippen LogP contribution >= 0.6 is 11.3 Å². The van der Waals surface area contributed by atoms with Gasteiger partial charge in [0.05, 0.1) is 11.7 Å². The first-order valence-corrected chi connectivity index (χ1v) is 8.33. The summed E-state index contributed by atoms with van der Waals surface area (Å²) in [7, 11) is 0. The lowest BCUT2D eigenvalue weighted by atomic mass is 9.97. The van der Waals surface area contributed by atoms with Crippen LogP contribution in [0, 0.1) is 5.92 Å². The summed E-state index contributed by atoms with van der Waals surface area (Å²) in [6.07, 6.45) is 3.83. The molecule has 4 heteroatoms. The predicted molar refractivity (Wildman–Crippen MR) is 80.7 cm³/mol. The molecule has 0 saturated carbocycles. The minimum absolute atomic E-state index is 0.155. The van der Waals surface area contributed by atoms with Gasteiger partial charge in [-0.25, -0.2) is 4.98 Å². The summed E-state index contributed by atoms with van der Waals surface area (Å²) in [6, 6.07) is 0.452. The highest BCUT2D eigenvalue weighted by Gasteiger charge is 2.27. The number of nitrogens with one attached hydrogen (secondary N) is 1. The second kappa shape index (κ2) is 6.82. The lowest BCUT2D eigenvalue weighted by molar-refractivity contribution is 0.0291. The Morgan fingerprint density at radius 3 is 2.84 bits per heavy atom. The maximum Gasteiger partial charge on any atom is 0.122 e. The van der Waals surface area contributed by atoms with Gasteiger partial charge in [-0.05, 0) is 38.6 Å². The van der Waals surface area contributed by atoms with Gasteiger partial charge in [0, 0.05) is 11.5 Å². The second-order valence-electron chi connectivity index (χ2n) is 5.48. The fourth-order valence-corrected chi connectivity index (χ4v) is 4.12. The molecule has 3 nitrogen and oxygen atoms in total. The Balaban J connectivity index is 2.24. The Labute approximate surface area is 120 Å². The van der Waals surface area contributed by atoms with Crippen molar-refractivity contribution in [3.8, 4) is 0 Å². The van der Waals surface area contributed by atoms with Crippen molar-refractivity contribution < 1.29 is 4.74 Å². The molecule has 1 N–H and O–H groups in total. The van der Waals surface area contributed by atoms with Crippen LogP contribution in [-0.2, 0) is 11.2 Å². The minimum atomic E-state index is 0.155. The molecule has 1 aliphatic carbocycles. The molecule has 0 saturated heterocycles. The lowest BCUT2D eigenvalue weighted by Gasteiger charge is -2.21. The van der Waals surface area contributed by atoms with Gasteiger partial charge in [-0.2, -0.15) is 0 Å². The molecule has 0 amide bonds. The van der Waals surface area contributed by atoms with E-state index in [4.69, 9.17) is 9.72 Å². The molecule has 1 heterocycles. The molecule has 0 aliphatic heterocycles. The molecule has 2 rings (SSSR count). The van der Waals surface area contributed by atoms with E-state index in [1.165, 1.54) is 34.8 Å². The van der Waals surface area contributed by atoms with Crippen LogP contribution in [0.1, 0.15) is 68.3 Å². The molecule has 0 radical (unpaired) electrons. The summed E-state index contributed by atoms with van der Waals surface area (Å²) in [5.74, 6) is 0.477. The van der Waals surface area contributed by atoms with E-state index in [2.05, 4.69) is 33.0 Å². The van der Waals surface area contributed by atoms with Crippen molar-refractivity contribution in [1.82, 2.24) is 10.3 Å². The third-order valence-electron chi connectivity index (χ3n) is 3.62. The average Bonchev–Trinajstić information content (AvgIpc) is 2.80. The van der Waals surface area contributed by atoms with E-state index in [-0.39, 0.29) is 6.10 Å². The number of ether oxygens (including phenoxy) is 1. The maximum absolute atomic E-state index is 5.89. The monoisotopic (exact) mass is 282 g/mol. The van der Waals surface area contributed by atoms with Crippen molar-refractivity contribution in [3.63, 3.8) is 0 Å². The van der Waals surface area contributed by atoms with Crippen molar-refractivity contribution in [2.45, 2.75) is 59.1 Å². The molecule has 1 aromatic rings. The molecule has 0 aromatic carbocycles. The van der Waals surface area contributed by atoms with Gasteiger partial charge in [0.2, 0.25) is 0 Å². The van der Waals surface area contributed by atoms with Crippen molar-refractivity contribution in [2.75, 3.05) is 13.2 Å². The number of fused-ring (bicyclic) bond motifs is 1. The van der Waals surface area contributed by atoms with Crippen LogP contribution in [0.3, 0.4) is 0 Å². The molecule has 2 unspecified atom stereocenters. The first kappa shape index (κ1) is 14.9. The molecule has 108 valence electrons. The Hall–Kier alpha value is -0.450. The largest absolute Gasteiger partial charge is 0.371 e. The highest BCUT2D eigenvalue weighted by molar-refractivity contribution is 7.11. The fourth-order valence-electron chi connectivity index (χ4n) is 2.73. The summed E-state index contributed by atoms with van der Waals surface area (Å²) in [4.78, 5) is 6.39. The van der Waals surface area contributed by atoms with E-state index in [1.807, 2.05) is 11.3 Å². The molecular formula is C15H26N2OS. The van der Waals surface area contributed by atoms with Gasteiger partial charge in [-0.15, -0.1) is 11.3 Å². The Morgan fingerprint density at radius 1 is 1.42 bits per heavy atom. The topological polar surface area (TPSA) is 34.1 Å². The molecular weight excluding hydrogens is 256 g/mol. The zero-order chi connectivity index (χ0) is 13.8. The summed E-state index contributed by atoms with van der Waals surface area (Å²) < 4.78 is 5.89. The van der Waals surface area contributed by atoms with Crippen molar-refractivity contribution in [1.29, 1.82) is 0 Å². The van der Waals surface area contributed by atoms with Gasteiger partial charge in [0.15, 0.2) is 0 Å². The molecule has 2 atom stereocenters. The average molecular weight is 282 g/mol. The Morgan fingerprint density at radius 2 is 2.21 bits per heavy atom. The van der Waals surface area contributed by atoms with Gasteiger partial charge in [-0.3, -0.25) is 0 Å². The number of aromatic nitrogens is 1. The first-order chi connectivity index (χ1) is 9.17. The number of thiazole rings is 1. The van der Waals surface area contributed by atoms with Crippen LogP contribution in [0.15, 0.2) is 0 Å². The quantitative estimate of drug-likeness (QED) is 0.860. The van der Waals surface area contributed by atoms with Crippen molar-refractivity contribution in [2.24, 2.45) is 5.92 Å². The molecule has 0 bridgehead atoms. The van der Waals surface area contributed by atoms with Crippen LogP contribution in [-0.4, -0.2) is 18.1 Å². The van der Waals surface area contributed by atoms with E-state index in [0.717, 1.165) is 13.2 Å². The van der Waals surface area contributed by atoms with E-state index < -0.39 is 0 Å². The van der Waals surface area contributed by atoms with Crippen LogP contribution in [0.4, 0.5) is 0 Å². The van der Waals surface area contributed by atoms with Crippen LogP contribution in [0.5, 0.6) is 0 Å². The second-order valence-corrected chi connectivity index (χ2v) is 6.60. The summed E-state index contributed by atoms with van der Waals surface area (Å²) in [5, 5.41) is 4.73. The zero-order valence-electron chi connectivity index (χ0n) is 12.5. The molecule has 0 fully saturated rings. The molecule has 19 heavy (non-hydrogen) atoms. The van der Waals surface area contributed by atoms with E-state index >= 15 is 0 Å². The van der Waals surface area contributed by atoms with Gasteiger partial charge < -0.3 is 10.1 Å². The maximum atomic E-state index is 5.89. The third kappa shape index (κ3) is 3.36. The van der Waals surface area contributed by atoms with Crippen LogP contribution < -0.4 is 5.32 Å². The smallest absolute Gasteiger partial charge is 0.122 e. The number of hydrogen-bond donors (Lipinski definition) is 1. The third-order valence-corrected chi connectivity index (χ3v) is 4.81. The van der Waals surface area contributed by atoms with E-state index in [9.17, 15) is 0 Å². The van der Waals surface area contributed by atoms with E-state index in [1.54, 1.807) is 0 Å². The van der Waals surface area contributed by atoms with Crippen molar-refractivity contribution >= 4 is 11.3 Å². The Kier molecular flexibility index (Phi) is 5.37. The van der Waals surface area contributed by atoms with Crippen LogP contribution in [0.2, 0.25) is 0 Å². The van der Waals surface area contributed by atoms with E-state index in [0.29, 0.717) is 12.0 Å². The highest BCUT2D eigenvalue weighted by atomic mass is 32.1. The van der Waals surface area contributed by atoms with Crippen molar-refractivity contribution in [3.05, 3.63) is 15.6 Å². The molecule has 1 aromatic heterocycles. The fraction of sp³-hybridized carbons (Fsp3) is 0.800. The van der Waals surface area contributed by atoms with Gasteiger partial charge in [0.1, 0.15) is 11.1 Å². The summed E-state index contributed by atoms with van der Waals surface area (Å²) >= 11 is 1.87. The first-order valence-electron chi connectivity index (χ1n) is 7.51. The highest BCUT2D eigenvalue weighted by Crippen LogP contribution is 2.37. The number of nitrogens with zero attached hydrogens (tertiary/aromatic N) is 1. The molecule has 0 spiro atoms. The normalized spacial score (nSPS) is 20.6. The number of rotatable bonds is 6. The predicted octanol–water partition coefficient (Wildman–Crippen LogP) is 3.86. The SMILES string of the molecule is CCNC1CCCc2sc(C(OCC)C(C)C)nc21. The zero-order valence-corrected chi connectivity index (χ0v) is 13.3. The van der Waals surface area contributed by atoms with Gasteiger partial charge in [-0.1, -0.05) is 20.8 Å². The number of aryl methyl sites for hydroxylation is 1. The standard InChI is InChI=1S/C15H26N2OS/c1-5-16-11-8-7-9-12-13(11)17-15(19-12)14(10(3)4)18-6-2/h10-11,14,16H,5-9H2,1-4H3. The summed E-state index contributed by atoms with van der Waals surface area (Å²) in [6.45, 7) is 10.4. The van der Waals surface area contributed by atoms with Gasteiger partial charge in [0.25, 0.3) is 0 Å². The summed E-state index contributed by atoms with van der Waals surface area (Å²) in [5.41, 5.74) is 1.29. The number of hydrogen-bond acceptors (Lipinski definition) is 4. The molecule has 1 aliphatic rings. The van der Waals surface area contributed by atoms with Crippen LogP contribution in [0.25, 0.3) is 0 Å².